The molecular formula is C10H20N4OS. The maximum atomic E-state index is 5.45. The molecule has 6 heteroatoms. The lowest BCUT2D eigenvalue weighted by Crippen LogP contribution is -2.20. The van der Waals surface area contributed by atoms with Crippen LogP contribution in [0.25, 0.3) is 0 Å². The lowest BCUT2D eigenvalue weighted by Gasteiger charge is -2.09. The van der Waals surface area contributed by atoms with Gasteiger partial charge in [0.25, 0.3) is 0 Å². The fraction of sp³-hybridized carbons (Fsp3) is 0.800. The number of nitrogens with zero attached hydrogens (tertiary/aromatic N) is 3. The molecule has 0 atom stereocenters. The molecule has 0 spiro atoms. The number of nitrogens with one attached hydrogen (secondary N) is 1. The molecule has 0 bridgehead atoms. The largest absolute Gasteiger partial charge is 0.378 e. The number of aryl methyl sites for hydroxylation is 1. The molecule has 0 aromatic carbocycles. The Morgan fingerprint density at radius 1 is 1.38 bits per heavy atom. The first-order valence-electron chi connectivity index (χ1n) is 5.51. The summed E-state index contributed by atoms with van der Waals surface area (Å²) in [6, 6.07) is 0. The summed E-state index contributed by atoms with van der Waals surface area (Å²) < 4.78 is 9.65. The lowest BCUT2D eigenvalue weighted by molar-refractivity contribution is 0.126. The van der Waals surface area contributed by atoms with Gasteiger partial charge in [-0.05, 0) is 14.1 Å². The molecule has 1 heterocycles. The summed E-state index contributed by atoms with van der Waals surface area (Å²) in [5.74, 6) is 0.904. The van der Waals surface area contributed by atoms with E-state index in [4.69, 9.17) is 4.74 Å². The fourth-order valence-corrected chi connectivity index (χ4v) is 1.72. The van der Waals surface area contributed by atoms with Crippen LogP contribution in [-0.4, -0.2) is 54.7 Å². The predicted molar refractivity (Wildman–Crippen MR) is 67.1 cm³/mol. The molecule has 1 aromatic rings. The van der Waals surface area contributed by atoms with Crippen LogP contribution >= 0.6 is 11.5 Å². The van der Waals surface area contributed by atoms with Crippen LogP contribution in [0.5, 0.6) is 0 Å². The number of aromatic nitrogens is 2. The Kier molecular flexibility index (Phi) is 6.29. The molecule has 0 aliphatic carbocycles. The standard InChI is InChI=1S/C10H20N4OS/c1-4-9-12-10(16-13-9)11-5-7-15-8-6-14(2)3/h4-8H2,1-3H3,(H,11,12,13). The van der Waals surface area contributed by atoms with Gasteiger partial charge in [0.1, 0.15) is 5.82 Å². The molecule has 0 aliphatic heterocycles. The minimum atomic E-state index is 0.703. The Labute approximate surface area is 101 Å². The third-order valence-electron chi connectivity index (χ3n) is 1.99. The highest BCUT2D eigenvalue weighted by atomic mass is 32.1. The summed E-state index contributed by atoms with van der Waals surface area (Å²) >= 11 is 1.41. The molecule has 1 rings (SSSR count). The van der Waals surface area contributed by atoms with E-state index in [0.29, 0.717) is 6.61 Å². The van der Waals surface area contributed by atoms with Crippen molar-refractivity contribution in [1.82, 2.24) is 14.3 Å². The van der Waals surface area contributed by atoms with Crippen molar-refractivity contribution in [2.45, 2.75) is 13.3 Å². The highest BCUT2D eigenvalue weighted by Gasteiger charge is 2.00. The molecule has 1 aromatic heterocycles. The van der Waals surface area contributed by atoms with E-state index in [1.165, 1.54) is 11.5 Å². The molecule has 0 unspecified atom stereocenters. The van der Waals surface area contributed by atoms with Crippen LogP contribution in [0.1, 0.15) is 12.7 Å². The van der Waals surface area contributed by atoms with Crippen LogP contribution < -0.4 is 5.32 Å². The van der Waals surface area contributed by atoms with Crippen LogP contribution in [0, 0.1) is 0 Å². The molecular weight excluding hydrogens is 224 g/mol. The number of anilines is 1. The second kappa shape index (κ2) is 7.54. The maximum Gasteiger partial charge on any atom is 0.202 e. The summed E-state index contributed by atoms with van der Waals surface area (Å²) in [4.78, 5) is 6.41. The molecule has 0 radical (unpaired) electrons. The number of ether oxygens (including phenoxy) is 1. The van der Waals surface area contributed by atoms with Crippen molar-refractivity contribution < 1.29 is 4.74 Å². The van der Waals surface area contributed by atoms with Gasteiger partial charge < -0.3 is 15.0 Å². The second-order valence-electron chi connectivity index (χ2n) is 3.71. The van der Waals surface area contributed by atoms with E-state index in [2.05, 4.69) is 26.5 Å². The second-order valence-corrected chi connectivity index (χ2v) is 4.46. The summed E-state index contributed by atoms with van der Waals surface area (Å²) in [6.07, 6.45) is 0.886. The normalized spacial score (nSPS) is 11.0. The van der Waals surface area contributed by atoms with Gasteiger partial charge in [0.15, 0.2) is 0 Å². The van der Waals surface area contributed by atoms with Gasteiger partial charge in [-0.2, -0.15) is 4.37 Å². The summed E-state index contributed by atoms with van der Waals surface area (Å²) in [5, 5.41) is 4.08. The number of hydrogen-bond acceptors (Lipinski definition) is 6. The Morgan fingerprint density at radius 2 is 2.19 bits per heavy atom. The van der Waals surface area contributed by atoms with E-state index in [9.17, 15) is 0 Å². The average molecular weight is 244 g/mol. The summed E-state index contributed by atoms with van der Waals surface area (Å²) in [7, 11) is 4.07. The van der Waals surface area contributed by atoms with E-state index >= 15 is 0 Å². The lowest BCUT2D eigenvalue weighted by atomic mass is 10.5. The smallest absolute Gasteiger partial charge is 0.202 e. The van der Waals surface area contributed by atoms with E-state index < -0.39 is 0 Å². The highest BCUT2D eigenvalue weighted by Crippen LogP contribution is 2.10. The monoisotopic (exact) mass is 244 g/mol. The van der Waals surface area contributed by atoms with E-state index in [-0.39, 0.29) is 0 Å². The molecule has 0 saturated carbocycles. The van der Waals surface area contributed by atoms with Crippen molar-refractivity contribution in [2.75, 3.05) is 45.7 Å². The van der Waals surface area contributed by atoms with Crippen molar-refractivity contribution in [2.24, 2.45) is 0 Å². The van der Waals surface area contributed by atoms with Crippen LogP contribution in [-0.2, 0) is 11.2 Å². The van der Waals surface area contributed by atoms with Crippen molar-refractivity contribution in [1.29, 1.82) is 0 Å². The Morgan fingerprint density at radius 3 is 2.81 bits per heavy atom. The Bertz CT molecular complexity index is 290. The van der Waals surface area contributed by atoms with Gasteiger partial charge in [0, 0.05) is 31.0 Å². The van der Waals surface area contributed by atoms with Crippen LogP contribution in [0.4, 0.5) is 5.13 Å². The van der Waals surface area contributed by atoms with Gasteiger partial charge in [-0.15, -0.1) is 0 Å². The third-order valence-corrected chi connectivity index (χ3v) is 2.70. The zero-order valence-electron chi connectivity index (χ0n) is 10.2. The van der Waals surface area contributed by atoms with Gasteiger partial charge in [-0.25, -0.2) is 4.98 Å². The molecule has 0 aliphatic rings. The van der Waals surface area contributed by atoms with Crippen molar-refractivity contribution in [3.63, 3.8) is 0 Å². The zero-order chi connectivity index (χ0) is 11.8. The van der Waals surface area contributed by atoms with E-state index in [0.717, 1.165) is 37.1 Å². The summed E-state index contributed by atoms with van der Waals surface area (Å²) in [5.41, 5.74) is 0. The predicted octanol–water partition coefficient (Wildman–Crippen LogP) is 1.09. The molecule has 92 valence electrons. The molecule has 0 amide bonds. The number of hydrogen-bond donors (Lipinski definition) is 1. The molecule has 0 fully saturated rings. The first-order valence-corrected chi connectivity index (χ1v) is 6.28. The van der Waals surface area contributed by atoms with Gasteiger partial charge in [-0.1, -0.05) is 6.92 Å². The highest BCUT2D eigenvalue weighted by molar-refractivity contribution is 7.09. The quantitative estimate of drug-likeness (QED) is 0.694. The van der Waals surface area contributed by atoms with Crippen LogP contribution in [0.15, 0.2) is 0 Å². The summed E-state index contributed by atoms with van der Waals surface area (Å²) in [6.45, 7) is 5.26. The van der Waals surface area contributed by atoms with Crippen LogP contribution in [0.3, 0.4) is 0 Å². The van der Waals surface area contributed by atoms with Gasteiger partial charge in [0.05, 0.1) is 13.2 Å². The molecule has 1 N–H and O–H groups in total. The minimum absolute atomic E-state index is 0.703. The topological polar surface area (TPSA) is 50.3 Å². The number of likely N-dealkylation sites (N-methyl/N-ethyl adjacent to an activating group) is 1. The van der Waals surface area contributed by atoms with Crippen molar-refractivity contribution in [3.8, 4) is 0 Å². The van der Waals surface area contributed by atoms with Gasteiger partial charge in [0.2, 0.25) is 5.13 Å². The average Bonchev–Trinajstić information content (AvgIpc) is 2.70. The van der Waals surface area contributed by atoms with Gasteiger partial charge >= 0.3 is 0 Å². The molecule has 5 nitrogen and oxygen atoms in total. The Hall–Kier alpha value is -0.720. The zero-order valence-corrected chi connectivity index (χ0v) is 11.0. The van der Waals surface area contributed by atoms with Crippen molar-refractivity contribution in [3.05, 3.63) is 5.82 Å². The van der Waals surface area contributed by atoms with E-state index in [1.54, 1.807) is 0 Å². The molecule has 16 heavy (non-hydrogen) atoms. The first-order chi connectivity index (χ1) is 7.72. The minimum Gasteiger partial charge on any atom is -0.378 e. The maximum absolute atomic E-state index is 5.45. The molecule has 0 saturated heterocycles. The SMILES string of the molecule is CCc1nsc(NCCOCCN(C)C)n1. The first kappa shape index (κ1) is 13.3. The van der Waals surface area contributed by atoms with Gasteiger partial charge in [-0.3, -0.25) is 0 Å². The van der Waals surface area contributed by atoms with Crippen molar-refractivity contribution >= 4 is 16.7 Å². The fourth-order valence-electron chi connectivity index (χ4n) is 1.05. The van der Waals surface area contributed by atoms with Crippen LogP contribution in [0.2, 0.25) is 0 Å². The number of rotatable bonds is 8. The van der Waals surface area contributed by atoms with E-state index in [1.807, 2.05) is 14.1 Å². The Balaban J connectivity index is 2.02. The third kappa shape index (κ3) is 5.39.